The molecule has 0 aliphatic heterocycles. The number of hydrogen-bond acceptors (Lipinski definition) is 4. The predicted octanol–water partition coefficient (Wildman–Crippen LogP) is 3.23. The minimum atomic E-state index is 0.163. The van der Waals surface area contributed by atoms with Gasteiger partial charge in [-0.15, -0.1) is 0 Å². The standard InChI is InChI=1S/C16H23N3O2/c1-10-7-15(20-5)16(21-6)8-14(10)17-11(2)13-9-19(4)18-12(13)3/h7-9,11,17H,1-6H3. The Kier molecular flexibility index (Phi) is 4.40. The minimum absolute atomic E-state index is 0.163. The predicted molar refractivity (Wildman–Crippen MR) is 84.3 cm³/mol. The molecule has 0 aliphatic rings. The number of nitrogens with zero attached hydrogens (tertiary/aromatic N) is 2. The largest absolute Gasteiger partial charge is 0.493 e. The van der Waals surface area contributed by atoms with Crippen molar-refractivity contribution in [1.82, 2.24) is 9.78 Å². The molecule has 0 fully saturated rings. The van der Waals surface area contributed by atoms with Crippen molar-refractivity contribution >= 4 is 5.69 Å². The summed E-state index contributed by atoms with van der Waals surface area (Å²) in [4.78, 5) is 0. The number of benzene rings is 1. The molecule has 5 heteroatoms. The molecule has 0 saturated heterocycles. The Bertz CT molecular complexity index is 635. The summed E-state index contributed by atoms with van der Waals surface area (Å²) in [6.45, 7) is 6.20. The van der Waals surface area contributed by atoms with Crippen LogP contribution < -0.4 is 14.8 Å². The van der Waals surface area contributed by atoms with E-state index in [9.17, 15) is 0 Å². The van der Waals surface area contributed by atoms with Gasteiger partial charge in [0.25, 0.3) is 0 Å². The number of aryl methyl sites for hydroxylation is 3. The monoisotopic (exact) mass is 289 g/mol. The Morgan fingerprint density at radius 2 is 1.76 bits per heavy atom. The van der Waals surface area contributed by atoms with E-state index in [2.05, 4.69) is 17.3 Å². The van der Waals surface area contributed by atoms with Gasteiger partial charge in [0, 0.05) is 30.6 Å². The average Bonchev–Trinajstić information content (AvgIpc) is 2.79. The van der Waals surface area contributed by atoms with Crippen molar-refractivity contribution in [2.45, 2.75) is 26.8 Å². The van der Waals surface area contributed by atoms with Gasteiger partial charge >= 0.3 is 0 Å². The van der Waals surface area contributed by atoms with Crippen molar-refractivity contribution in [2.24, 2.45) is 7.05 Å². The van der Waals surface area contributed by atoms with Crippen molar-refractivity contribution in [3.63, 3.8) is 0 Å². The summed E-state index contributed by atoms with van der Waals surface area (Å²) in [6, 6.07) is 4.11. The molecular weight excluding hydrogens is 266 g/mol. The molecule has 1 N–H and O–H groups in total. The molecule has 2 rings (SSSR count). The summed E-state index contributed by atoms with van der Waals surface area (Å²) in [7, 11) is 5.22. The van der Waals surface area contributed by atoms with E-state index in [1.165, 1.54) is 5.56 Å². The maximum atomic E-state index is 5.37. The van der Waals surface area contributed by atoms with Crippen LogP contribution in [-0.4, -0.2) is 24.0 Å². The molecule has 1 atom stereocenters. The number of methoxy groups -OCH3 is 2. The number of aromatic nitrogens is 2. The molecule has 0 saturated carbocycles. The summed E-state index contributed by atoms with van der Waals surface area (Å²) in [5, 5.41) is 7.91. The van der Waals surface area contributed by atoms with Gasteiger partial charge in [-0.05, 0) is 32.4 Å². The van der Waals surface area contributed by atoms with Crippen LogP contribution in [0.3, 0.4) is 0 Å². The molecule has 2 aromatic rings. The fraction of sp³-hybridized carbons (Fsp3) is 0.438. The fourth-order valence-electron chi connectivity index (χ4n) is 2.49. The van der Waals surface area contributed by atoms with Crippen LogP contribution in [0.5, 0.6) is 11.5 Å². The highest BCUT2D eigenvalue weighted by Gasteiger charge is 2.14. The summed E-state index contributed by atoms with van der Waals surface area (Å²) in [5.74, 6) is 1.46. The summed E-state index contributed by atoms with van der Waals surface area (Å²) < 4.78 is 12.5. The Balaban J connectivity index is 2.28. The zero-order chi connectivity index (χ0) is 15.6. The molecular formula is C16H23N3O2. The Morgan fingerprint density at radius 3 is 2.29 bits per heavy atom. The number of anilines is 1. The van der Waals surface area contributed by atoms with Crippen LogP contribution in [0.15, 0.2) is 18.3 Å². The van der Waals surface area contributed by atoms with Crippen molar-refractivity contribution < 1.29 is 9.47 Å². The fourth-order valence-corrected chi connectivity index (χ4v) is 2.49. The van der Waals surface area contributed by atoms with E-state index in [0.717, 1.165) is 28.4 Å². The number of nitrogens with one attached hydrogen (secondary N) is 1. The van der Waals surface area contributed by atoms with Crippen LogP contribution in [-0.2, 0) is 7.05 Å². The lowest BCUT2D eigenvalue weighted by Crippen LogP contribution is -2.08. The highest BCUT2D eigenvalue weighted by atomic mass is 16.5. The third-order valence-corrected chi connectivity index (χ3v) is 3.62. The lowest BCUT2D eigenvalue weighted by Gasteiger charge is -2.18. The zero-order valence-electron chi connectivity index (χ0n) is 13.5. The third kappa shape index (κ3) is 3.12. The SMILES string of the molecule is COc1cc(C)c(NC(C)c2cn(C)nc2C)cc1OC. The van der Waals surface area contributed by atoms with Crippen LogP contribution in [0.2, 0.25) is 0 Å². The summed E-state index contributed by atoms with van der Waals surface area (Å²) in [5.41, 5.74) is 4.37. The van der Waals surface area contributed by atoms with Crippen molar-refractivity contribution in [2.75, 3.05) is 19.5 Å². The molecule has 5 nitrogen and oxygen atoms in total. The molecule has 1 aromatic heterocycles. The van der Waals surface area contributed by atoms with Crippen molar-refractivity contribution in [3.8, 4) is 11.5 Å². The second-order valence-electron chi connectivity index (χ2n) is 5.23. The van der Waals surface area contributed by atoms with Crippen molar-refractivity contribution in [1.29, 1.82) is 0 Å². The van der Waals surface area contributed by atoms with Gasteiger partial charge in [-0.1, -0.05) is 0 Å². The molecule has 0 radical (unpaired) electrons. The quantitative estimate of drug-likeness (QED) is 0.918. The normalized spacial score (nSPS) is 12.1. The van der Waals surface area contributed by atoms with Crippen LogP contribution in [0.4, 0.5) is 5.69 Å². The van der Waals surface area contributed by atoms with E-state index in [-0.39, 0.29) is 6.04 Å². The molecule has 1 heterocycles. The maximum Gasteiger partial charge on any atom is 0.162 e. The van der Waals surface area contributed by atoms with Gasteiger partial charge in [-0.3, -0.25) is 4.68 Å². The zero-order valence-corrected chi connectivity index (χ0v) is 13.5. The maximum absolute atomic E-state index is 5.37. The minimum Gasteiger partial charge on any atom is -0.493 e. The average molecular weight is 289 g/mol. The molecule has 0 amide bonds. The van der Waals surface area contributed by atoms with Gasteiger partial charge in [-0.2, -0.15) is 5.10 Å². The Hall–Kier alpha value is -2.17. The third-order valence-electron chi connectivity index (χ3n) is 3.62. The summed E-state index contributed by atoms with van der Waals surface area (Å²) in [6.07, 6.45) is 2.04. The number of ether oxygens (including phenoxy) is 2. The molecule has 1 unspecified atom stereocenters. The molecule has 0 aliphatic carbocycles. The second kappa shape index (κ2) is 6.08. The topological polar surface area (TPSA) is 48.3 Å². The van der Waals surface area contributed by atoms with Gasteiger partial charge in [0.1, 0.15) is 0 Å². The lowest BCUT2D eigenvalue weighted by molar-refractivity contribution is 0.355. The van der Waals surface area contributed by atoms with Crippen LogP contribution in [0.1, 0.15) is 29.8 Å². The van der Waals surface area contributed by atoms with E-state index >= 15 is 0 Å². The molecule has 0 bridgehead atoms. The van der Waals surface area contributed by atoms with Gasteiger partial charge < -0.3 is 14.8 Å². The van der Waals surface area contributed by atoms with Gasteiger partial charge in [0.05, 0.1) is 26.0 Å². The molecule has 21 heavy (non-hydrogen) atoms. The first-order valence-corrected chi connectivity index (χ1v) is 6.95. The number of hydrogen-bond donors (Lipinski definition) is 1. The number of rotatable bonds is 5. The van der Waals surface area contributed by atoms with Crippen LogP contribution in [0, 0.1) is 13.8 Å². The van der Waals surface area contributed by atoms with Crippen molar-refractivity contribution in [3.05, 3.63) is 35.2 Å². The molecule has 0 spiro atoms. The first-order chi connectivity index (χ1) is 9.96. The van der Waals surface area contributed by atoms with Gasteiger partial charge in [-0.25, -0.2) is 0 Å². The Labute approximate surface area is 125 Å². The van der Waals surface area contributed by atoms with E-state index < -0.39 is 0 Å². The van der Waals surface area contributed by atoms with E-state index in [1.54, 1.807) is 14.2 Å². The highest BCUT2D eigenvalue weighted by Crippen LogP contribution is 2.34. The van der Waals surface area contributed by atoms with E-state index in [1.807, 2.05) is 43.9 Å². The second-order valence-corrected chi connectivity index (χ2v) is 5.23. The molecule has 114 valence electrons. The lowest BCUT2D eigenvalue weighted by atomic mass is 10.1. The summed E-state index contributed by atoms with van der Waals surface area (Å²) >= 11 is 0. The smallest absolute Gasteiger partial charge is 0.162 e. The van der Waals surface area contributed by atoms with Gasteiger partial charge in [0.15, 0.2) is 11.5 Å². The first-order valence-electron chi connectivity index (χ1n) is 6.95. The van der Waals surface area contributed by atoms with Crippen LogP contribution >= 0.6 is 0 Å². The van der Waals surface area contributed by atoms with Gasteiger partial charge in [0.2, 0.25) is 0 Å². The first kappa shape index (κ1) is 15.2. The van der Waals surface area contributed by atoms with Crippen LogP contribution in [0.25, 0.3) is 0 Å². The molecule has 1 aromatic carbocycles. The van der Waals surface area contributed by atoms with E-state index in [4.69, 9.17) is 9.47 Å². The van der Waals surface area contributed by atoms with E-state index in [0.29, 0.717) is 0 Å². The highest BCUT2D eigenvalue weighted by molar-refractivity contribution is 5.61. The Morgan fingerprint density at radius 1 is 1.14 bits per heavy atom.